The number of methoxy groups -OCH3 is 2. The summed E-state index contributed by atoms with van der Waals surface area (Å²) in [6.45, 7) is 1.83. The van der Waals surface area contributed by atoms with Crippen LogP contribution in [0.1, 0.15) is 6.92 Å². The second-order valence-corrected chi connectivity index (χ2v) is 9.09. The van der Waals surface area contributed by atoms with Gasteiger partial charge in [0.15, 0.2) is 22.3 Å². The number of nitrogens with one attached hydrogen (secondary N) is 1. The molecule has 5 rings (SSSR count). The molecule has 0 saturated carbocycles. The Labute approximate surface area is 206 Å². The summed E-state index contributed by atoms with van der Waals surface area (Å²) in [7, 11) is 3.12. The molecule has 0 spiro atoms. The number of anilines is 1. The molecule has 0 aliphatic rings. The fraction of sp³-hybridized carbons (Fsp3) is 0.154. The molecule has 0 aliphatic carbocycles. The first-order valence-electron chi connectivity index (χ1n) is 11.0. The van der Waals surface area contributed by atoms with Crippen molar-refractivity contribution in [2.24, 2.45) is 0 Å². The first-order valence-corrected chi connectivity index (χ1v) is 11.9. The number of para-hydroxylation sites is 1. The zero-order chi connectivity index (χ0) is 24.4. The Kier molecular flexibility index (Phi) is 6.24. The molecule has 3 aromatic carbocycles. The lowest BCUT2D eigenvalue weighted by atomic mass is 10.2. The molecule has 2 heterocycles. The van der Waals surface area contributed by atoms with Gasteiger partial charge in [-0.25, -0.2) is 4.98 Å². The van der Waals surface area contributed by atoms with E-state index in [1.807, 2.05) is 65.9 Å². The van der Waals surface area contributed by atoms with Crippen LogP contribution in [-0.2, 0) is 4.79 Å². The molecule has 8 nitrogen and oxygen atoms in total. The minimum Gasteiger partial charge on any atom is -0.493 e. The van der Waals surface area contributed by atoms with E-state index in [0.29, 0.717) is 28.0 Å². The third-order valence-corrected chi connectivity index (χ3v) is 6.59. The molecule has 0 saturated heterocycles. The van der Waals surface area contributed by atoms with Gasteiger partial charge in [-0.2, -0.15) is 0 Å². The molecule has 0 bridgehead atoms. The van der Waals surface area contributed by atoms with Crippen LogP contribution in [0, 0.1) is 0 Å². The fourth-order valence-corrected chi connectivity index (χ4v) is 4.63. The van der Waals surface area contributed by atoms with Crippen LogP contribution in [-0.4, -0.2) is 45.0 Å². The molecular formula is C26H23N5O3S. The third kappa shape index (κ3) is 4.38. The molecule has 0 aliphatic heterocycles. The second kappa shape index (κ2) is 9.63. The SMILES string of the molecule is COc1ccc(NC(=O)[C@@H](C)Sc2nnc3c4ccccc4nc(-c4ccccc4)n23)cc1OC. The zero-order valence-corrected chi connectivity index (χ0v) is 20.2. The van der Waals surface area contributed by atoms with Gasteiger partial charge in [0.25, 0.3) is 0 Å². The minimum absolute atomic E-state index is 0.172. The Morgan fingerprint density at radius 2 is 1.69 bits per heavy atom. The van der Waals surface area contributed by atoms with Crippen molar-refractivity contribution < 1.29 is 14.3 Å². The molecule has 1 N–H and O–H groups in total. The molecule has 0 fully saturated rings. The molecular weight excluding hydrogens is 462 g/mol. The van der Waals surface area contributed by atoms with Crippen molar-refractivity contribution in [2.45, 2.75) is 17.3 Å². The summed E-state index contributed by atoms with van der Waals surface area (Å²) in [4.78, 5) is 17.9. The van der Waals surface area contributed by atoms with Gasteiger partial charge in [0.1, 0.15) is 5.82 Å². The number of amides is 1. The Balaban J connectivity index is 1.48. The molecule has 1 amide bonds. The van der Waals surface area contributed by atoms with Gasteiger partial charge in [-0.1, -0.05) is 54.2 Å². The summed E-state index contributed by atoms with van der Waals surface area (Å²) in [6, 6.07) is 23.0. The highest BCUT2D eigenvalue weighted by Crippen LogP contribution is 2.32. The zero-order valence-electron chi connectivity index (χ0n) is 19.4. The summed E-state index contributed by atoms with van der Waals surface area (Å²) < 4.78 is 12.5. The van der Waals surface area contributed by atoms with Crippen molar-refractivity contribution >= 4 is 39.9 Å². The van der Waals surface area contributed by atoms with Crippen molar-refractivity contribution in [3.05, 3.63) is 72.8 Å². The van der Waals surface area contributed by atoms with E-state index < -0.39 is 5.25 Å². The molecule has 2 aromatic heterocycles. The van der Waals surface area contributed by atoms with Crippen LogP contribution in [0.4, 0.5) is 5.69 Å². The van der Waals surface area contributed by atoms with Crippen molar-refractivity contribution in [3.8, 4) is 22.9 Å². The molecule has 1 atom stereocenters. The molecule has 0 radical (unpaired) electrons. The van der Waals surface area contributed by atoms with Crippen molar-refractivity contribution in [3.63, 3.8) is 0 Å². The number of benzene rings is 3. The Bertz CT molecular complexity index is 1520. The number of hydrogen-bond donors (Lipinski definition) is 1. The van der Waals surface area contributed by atoms with Gasteiger partial charge < -0.3 is 14.8 Å². The van der Waals surface area contributed by atoms with Crippen LogP contribution >= 0.6 is 11.8 Å². The first-order chi connectivity index (χ1) is 17.1. The number of rotatable bonds is 7. The van der Waals surface area contributed by atoms with Gasteiger partial charge in [-0.15, -0.1) is 10.2 Å². The Hall–Kier alpha value is -4.11. The van der Waals surface area contributed by atoms with Gasteiger partial charge in [0.2, 0.25) is 5.91 Å². The number of carbonyl (C=O) groups is 1. The maximum Gasteiger partial charge on any atom is 0.237 e. The predicted octanol–water partition coefficient (Wildman–Crippen LogP) is 5.08. The predicted molar refractivity (Wildman–Crippen MR) is 137 cm³/mol. The largest absolute Gasteiger partial charge is 0.493 e. The topological polar surface area (TPSA) is 90.6 Å². The van der Waals surface area contributed by atoms with Gasteiger partial charge in [-0.05, 0) is 31.2 Å². The van der Waals surface area contributed by atoms with E-state index >= 15 is 0 Å². The Morgan fingerprint density at radius 3 is 2.46 bits per heavy atom. The minimum atomic E-state index is -0.453. The van der Waals surface area contributed by atoms with Crippen molar-refractivity contribution in [1.29, 1.82) is 0 Å². The first kappa shape index (κ1) is 22.7. The number of ether oxygens (including phenoxy) is 2. The summed E-state index contributed by atoms with van der Waals surface area (Å²) in [5.41, 5.74) is 3.09. The summed E-state index contributed by atoms with van der Waals surface area (Å²) in [6.07, 6.45) is 0. The lowest BCUT2D eigenvalue weighted by Crippen LogP contribution is -2.22. The van der Waals surface area contributed by atoms with E-state index in [4.69, 9.17) is 14.5 Å². The molecule has 35 heavy (non-hydrogen) atoms. The number of fused-ring (bicyclic) bond motifs is 3. The maximum absolute atomic E-state index is 13.0. The van der Waals surface area contributed by atoms with Crippen molar-refractivity contribution in [2.75, 3.05) is 19.5 Å². The smallest absolute Gasteiger partial charge is 0.237 e. The molecule has 176 valence electrons. The van der Waals surface area contributed by atoms with Gasteiger partial charge in [0.05, 0.1) is 25.0 Å². The summed E-state index contributed by atoms with van der Waals surface area (Å²) in [5, 5.41) is 12.9. The van der Waals surface area contributed by atoms with Gasteiger partial charge in [-0.3, -0.25) is 9.20 Å². The van der Waals surface area contributed by atoms with E-state index in [0.717, 1.165) is 22.3 Å². The van der Waals surface area contributed by atoms with E-state index in [1.165, 1.54) is 11.8 Å². The standard InChI is InChI=1S/C26H23N5O3S/c1-16(25(32)27-18-13-14-21(33-2)22(15-18)34-3)35-26-30-29-24-19-11-7-8-12-20(19)28-23(31(24)26)17-9-5-4-6-10-17/h4-16H,1-3H3,(H,27,32)/t16-/m1/s1. The summed E-state index contributed by atoms with van der Waals surface area (Å²) >= 11 is 1.32. The average Bonchev–Trinajstić information content (AvgIpc) is 3.32. The van der Waals surface area contributed by atoms with E-state index in [2.05, 4.69) is 15.5 Å². The van der Waals surface area contributed by atoms with Gasteiger partial charge >= 0.3 is 0 Å². The van der Waals surface area contributed by atoms with Crippen LogP contribution in [0.5, 0.6) is 11.5 Å². The highest BCUT2D eigenvalue weighted by atomic mass is 32.2. The van der Waals surface area contributed by atoms with E-state index in [9.17, 15) is 4.79 Å². The number of aromatic nitrogens is 4. The number of carbonyl (C=O) groups excluding carboxylic acids is 1. The lowest BCUT2D eigenvalue weighted by molar-refractivity contribution is -0.115. The monoisotopic (exact) mass is 485 g/mol. The van der Waals surface area contributed by atoms with Gasteiger partial charge in [0, 0.05) is 22.7 Å². The molecule has 5 aromatic rings. The van der Waals surface area contributed by atoms with E-state index in [-0.39, 0.29) is 5.91 Å². The molecule has 9 heteroatoms. The maximum atomic E-state index is 13.0. The lowest BCUT2D eigenvalue weighted by Gasteiger charge is -2.14. The average molecular weight is 486 g/mol. The number of nitrogens with zero attached hydrogens (tertiary/aromatic N) is 4. The number of hydrogen-bond acceptors (Lipinski definition) is 7. The van der Waals surface area contributed by atoms with Crippen LogP contribution in [0.2, 0.25) is 0 Å². The van der Waals surface area contributed by atoms with E-state index in [1.54, 1.807) is 32.4 Å². The quantitative estimate of drug-likeness (QED) is 0.322. The second-order valence-electron chi connectivity index (χ2n) is 7.78. The van der Waals surface area contributed by atoms with Crippen LogP contribution in [0.3, 0.4) is 0 Å². The fourth-order valence-electron chi connectivity index (χ4n) is 3.79. The number of thioether (sulfide) groups is 1. The normalized spacial score (nSPS) is 12.0. The van der Waals surface area contributed by atoms with Crippen LogP contribution < -0.4 is 14.8 Å². The Morgan fingerprint density at radius 1 is 0.943 bits per heavy atom. The molecule has 0 unspecified atom stereocenters. The van der Waals surface area contributed by atoms with Crippen LogP contribution in [0.15, 0.2) is 78.0 Å². The summed E-state index contributed by atoms with van der Waals surface area (Å²) in [5.74, 6) is 1.68. The van der Waals surface area contributed by atoms with Crippen LogP contribution in [0.25, 0.3) is 27.9 Å². The third-order valence-electron chi connectivity index (χ3n) is 5.55. The van der Waals surface area contributed by atoms with Crippen molar-refractivity contribution in [1.82, 2.24) is 19.6 Å². The highest BCUT2D eigenvalue weighted by molar-refractivity contribution is 8.00. The highest BCUT2D eigenvalue weighted by Gasteiger charge is 2.22.